The minimum absolute atomic E-state index is 0.230. The molecule has 0 N–H and O–H groups in total. The number of rotatable bonds is 0. The topological polar surface area (TPSA) is 9.23 Å². The van der Waals surface area contributed by atoms with Gasteiger partial charge in [0.05, 0.1) is 9.79 Å². The molecule has 1 nitrogen and oxygen atoms in total. The standard InChI is InChI=1S/C12H7FOS/c13-8-4-3-6-10-12(8)15-11-7-2-1-5-9(11)14-10/h1-7H. The fraction of sp³-hybridized carbons (Fsp3) is 0. The summed E-state index contributed by atoms with van der Waals surface area (Å²) in [5.74, 6) is 1.16. The van der Waals surface area contributed by atoms with E-state index in [1.165, 1.54) is 17.8 Å². The first-order valence-corrected chi connectivity index (χ1v) is 5.39. The van der Waals surface area contributed by atoms with Crippen LogP contribution in [0.3, 0.4) is 0 Å². The van der Waals surface area contributed by atoms with Crippen molar-refractivity contribution >= 4 is 11.8 Å². The Morgan fingerprint density at radius 3 is 2.67 bits per heavy atom. The lowest BCUT2D eigenvalue weighted by Crippen LogP contribution is -1.96. The number of hydrogen-bond acceptors (Lipinski definition) is 2. The average Bonchev–Trinajstić information content (AvgIpc) is 2.27. The Balaban J connectivity index is 2.15. The van der Waals surface area contributed by atoms with Crippen LogP contribution in [0.4, 0.5) is 4.39 Å². The molecule has 0 unspecified atom stereocenters. The van der Waals surface area contributed by atoms with E-state index in [2.05, 4.69) is 0 Å². The molecule has 0 atom stereocenters. The summed E-state index contributed by atoms with van der Waals surface area (Å²) in [6, 6.07) is 12.5. The van der Waals surface area contributed by atoms with Crippen LogP contribution < -0.4 is 4.74 Å². The number of halogens is 1. The van der Waals surface area contributed by atoms with Crippen LogP contribution in [0.5, 0.6) is 11.5 Å². The lowest BCUT2D eigenvalue weighted by atomic mass is 10.3. The molecular weight excluding hydrogens is 211 g/mol. The third-order valence-electron chi connectivity index (χ3n) is 2.21. The van der Waals surface area contributed by atoms with Crippen LogP contribution >= 0.6 is 11.8 Å². The molecule has 1 aliphatic heterocycles. The molecule has 0 saturated heterocycles. The molecule has 2 aromatic rings. The first-order valence-electron chi connectivity index (χ1n) is 4.58. The highest BCUT2D eigenvalue weighted by molar-refractivity contribution is 7.99. The summed E-state index contributed by atoms with van der Waals surface area (Å²) >= 11 is 1.41. The van der Waals surface area contributed by atoms with Gasteiger partial charge in [0.1, 0.15) is 17.3 Å². The third-order valence-corrected chi connectivity index (χ3v) is 3.37. The summed E-state index contributed by atoms with van der Waals surface area (Å²) in [5.41, 5.74) is 0. The van der Waals surface area contributed by atoms with Crippen molar-refractivity contribution in [3.63, 3.8) is 0 Å². The largest absolute Gasteiger partial charge is 0.455 e. The third kappa shape index (κ3) is 1.39. The first kappa shape index (κ1) is 8.80. The second kappa shape index (κ2) is 3.28. The zero-order chi connectivity index (χ0) is 10.3. The van der Waals surface area contributed by atoms with Crippen LogP contribution in [0, 0.1) is 5.82 Å². The fourth-order valence-electron chi connectivity index (χ4n) is 1.52. The number of ether oxygens (including phenoxy) is 1. The Labute approximate surface area is 90.9 Å². The molecule has 0 aliphatic carbocycles. The molecule has 0 amide bonds. The van der Waals surface area contributed by atoms with Crippen LogP contribution in [-0.2, 0) is 0 Å². The minimum atomic E-state index is -0.230. The van der Waals surface area contributed by atoms with Gasteiger partial charge in [0, 0.05) is 0 Å². The van der Waals surface area contributed by atoms with Gasteiger partial charge in [0.25, 0.3) is 0 Å². The minimum Gasteiger partial charge on any atom is -0.455 e. The summed E-state index contributed by atoms with van der Waals surface area (Å²) in [6.45, 7) is 0. The van der Waals surface area contributed by atoms with Crippen molar-refractivity contribution in [2.45, 2.75) is 9.79 Å². The van der Waals surface area contributed by atoms with Crippen molar-refractivity contribution in [2.75, 3.05) is 0 Å². The highest BCUT2D eigenvalue weighted by Gasteiger charge is 2.19. The van der Waals surface area contributed by atoms with Gasteiger partial charge >= 0.3 is 0 Å². The highest BCUT2D eigenvalue weighted by atomic mass is 32.2. The average molecular weight is 218 g/mol. The van der Waals surface area contributed by atoms with Crippen LogP contribution in [0.2, 0.25) is 0 Å². The molecule has 0 saturated carbocycles. The molecule has 0 spiro atoms. The number of benzene rings is 2. The highest BCUT2D eigenvalue weighted by Crippen LogP contribution is 2.47. The zero-order valence-electron chi connectivity index (χ0n) is 7.74. The number of para-hydroxylation sites is 1. The summed E-state index contributed by atoms with van der Waals surface area (Å²) in [7, 11) is 0. The molecule has 0 radical (unpaired) electrons. The van der Waals surface area contributed by atoms with Crippen LogP contribution in [-0.4, -0.2) is 0 Å². The summed E-state index contributed by atoms with van der Waals surface area (Å²) in [4.78, 5) is 1.52. The SMILES string of the molecule is Fc1cccc2c1Sc1ccccc1O2. The molecule has 74 valence electrons. The van der Waals surface area contributed by atoms with Gasteiger partial charge < -0.3 is 4.74 Å². The summed E-state index contributed by atoms with van der Waals surface area (Å²) < 4.78 is 19.1. The predicted molar refractivity (Wildman–Crippen MR) is 57.0 cm³/mol. The Bertz CT molecular complexity index is 525. The zero-order valence-corrected chi connectivity index (χ0v) is 8.55. The Kier molecular flexibility index (Phi) is 1.92. The monoisotopic (exact) mass is 218 g/mol. The second-order valence-electron chi connectivity index (χ2n) is 3.22. The van der Waals surface area contributed by atoms with E-state index in [4.69, 9.17) is 4.74 Å². The van der Waals surface area contributed by atoms with Gasteiger partial charge in [-0.3, -0.25) is 0 Å². The van der Waals surface area contributed by atoms with E-state index in [0.29, 0.717) is 10.6 Å². The van der Waals surface area contributed by atoms with Crippen molar-refractivity contribution in [2.24, 2.45) is 0 Å². The van der Waals surface area contributed by atoms with Gasteiger partial charge in [-0.2, -0.15) is 0 Å². The molecule has 3 rings (SSSR count). The van der Waals surface area contributed by atoms with Crippen molar-refractivity contribution in [1.29, 1.82) is 0 Å². The molecule has 3 heteroatoms. The smallest absolute Gasteiger partial charge is 0.144 e. The van der Waals surface area contributed by atoms with E-state index in [1.54, 1.807) is 12.1 Å². The molecule has 0 bridgehead atoms. The first-order chi connectivity index (χ1) is 7.34. The van der Waals surface area contributed by atoms with Crippen molar-refractivity contribution in [3.05, 3.63) is 48.3 Å². The van der Waals surface area contributed by atoms with Crippen LogP contribution in [0.25, 0.3) is 0 Å². The van der Waals surface area contributed by atoms with E-state index in [1.807, 2.05) is 24.3 Å². The number of hydrogen-bond donors (Lipinski definition) is 0. The molecule has 1 heterocycles. The van der Waals surface area contributed by atoms with Crippen LogP contribution in [0.1, 0.15) is 0 Å². The maximum Gasteiger partial charge on any atom is 0.144 e. The van der Waals surface area contributed by atoms with E-state index < -0.39 is 0 Å². The van der Waals surface area contributed by atoms with Gasteiger partial charge in [-0.05, 0) is 24.3 Å². The molecule has 0 aromatic heterocycles. The maximum absolute atomic E-state index is 13.5. The Morgan fingerprint density at radius 1 is 0.933 bits per heavy atom. The van der Waals surface area contributed by atoms with Crippen molar-refractivity contribution in [1.82, 2.24) is 0 Å². The Morgan fingerprint density at radius 2 is 1.73 bits per heavy atom. The van der Waals surface area contributed by atoms with Gasteiger partial charge in [-0.15, -0.1) is 0 Å². The van der Waals surface area contributed by atoms with E-state index in [-0.39, 0.29) is 5.82 Å². The van der Waals surface area contributed by atoms with Gasteiger partial charge in [0.2, 0.25) is 0 Å². The van der Waals surface area contributed by atoms with Crippen LogP contribution in [0.15, 0.2) is 52.3 Å². The quantitative estimate of drug-likeness (QED) is 0.562. The summed E-state index contributed by atoms with van der Waals surface area (Å²) in [6.07, 6.45) is 0. The maximum atomic E-state index is 13.5. The summed E-state index contributed by atoms with van der Waals surface area (Å²) in [5, 5.41) is 0. The van der Waals surface area contributed by atoms with E-state index in [0.717, 1.165) is 10.6 Å². The Hall–Kier alpha value is -1.48. The predicted octanol–water partition coefficient (Wildman–Crippen LogP) is 4.08. The lowest BCUT2D eigenvalue weighted by molar-refractivity contribution is 0.442. The molecular formula is C12H7FOS. The number of fused-ring (bicyclic) bond motifs is 2. The van der Waals surface area contributed by atoms with E-state index >= 15 is 0 Å². The van der Waals surface area contributed by atoms with Gasteiger partial charge in [-0.1, -0.05) is 30.0 Å². The second-order valence-corrected chi connectivity index (χ2v) is 4.27. The van der Waals surface area contributed by atoms with Crippen molar-refractivity contribution in [3.8, 4) is 11.5 Å². The molecule has 15 heavy (non-hydrogen) atoms. The van der Waals surface area contributed by atoms with E-state index in [9.17, 15) is 4.39 Å². The lowest BCUT2D eigenvalue weighted by Gasteiger charge is -2.19. The fourth-order valence-corrected chi connectivity index (χ4v) is 2.47. The molecule has 1 aliphatic rings. The van der Waals surface area contributed by atoms with Gasteiger partial charge in [0.15, 0.2) is 0 Å². The van der Waals surface area contributed by atoms with Gasteiger partial charge in [-0.25, -0.2) is 4.39 Å². The molecule has 0 fully saturated rings. The normalized spacial score (nSPS) is 12.6. The van der Waals surface area contributed by atoms with Crippen molar-refractivity contribution < 1.29 is 9.13 Å². The molecule has 2 aromatic carbocycles.